The summed E-state index contributed by atoms with van der Waals surface area (Å²) in [5.41, 5.74) is 1.76. The van der Waals surface area contributed by atoms with Crippen molar-refractivity contribution in [2.75, 3.05) is 0 Å². The Morgan fingerprint density at radius 2 is 2.17 bits per heavy atom. The van der Waals surface area contributed by atoms with Crippen LogP contribution in [0.25, 0.3) is 0 Å². The summed E-state index contributed by atoms with van der Waals surface area (Å²) in [6, 6.07) is 5.64. The van der Waals surface area contributed by atoms with Crippen molar-refractivity contribution >= 4 is 17.4 Å². The lowest BCUT2D eigenvalue weighted by atomic mass is 9.84. The molecule has 2 saturated carbocycles. The molecule has 1 nitrogen and oxygen atoms in total. The van der Waals surface area contributed by atoms with Gasteiger partial charge in [0.2, 0.25) is 0 Å². The molecular formula is C16H19ClO. The van der Waals surface area contributed by atoms with E-state index in [1.807, 2.05) is 25.1 Å². The van der Waals surface area contributed by atoms with Crippen LogP contribution in [-0.2, 0) is 0 Å². The van der Waals surface area contributed by atoms with E-state index in [-0.39, 0.29) is 5.78 Å². The van der Waals surface area contributed by atoms with Crippen LogP contribution in [0.1, 0.15) is 48.0 Å². The SMILES string of the molecule is Cc1c(Cl)cccc1C(=O)CC1CC2CCC1C2. The molecule has 0 N–H and O–H groups in total. The third-order valence-electron chi connectivity index (χ3n) is 4.90. The molecule has 0 saturated heterocycles. The number of halogens is 1. The number of hydrogen-bond acceptors (Lipinski definition) is 1. The van der Waals surface area contributed by atoms with Gasteiger partial charge >= 0.3 is 0 Å². The number of fused-ring (bicyclic) bond motifs is 2. The maximum absolute atomic E-state index is 12.4. The second-order valence-electron chi connectivity index (χ2n) is 5.97. The van der Waals surface area contributed by atoms with E-state index in [1.165, 1.54) is 25.7 Å². The number of benzene rings is 1. The fraction of sp³-hybridized carbons (Fsp3) is 0.562. The topological polar surface area (TPSA) is 17.1 Å². The first kappa shape index (κ1) is 12.2. The van der Waals surface area contributed by atoms with Crippen molar-refractivity contribution in [1.82, 2.24) is 0 Å². The van der Waals surface area contributed by atoms with Gasteiger partial charge < -0.3 is 0 Å². The molecule has 1 aromatic rings. The van der Waals surface area contributed by atoms with Crippen molar-refractivity contribution in [3.63, 3.8) is 0 Å². The molecule has 2 aliphatic rings. The summed E-state index contributed by atoms with van der Waals surface area (Å²) in [5, 5.41) is 0.703. The van der Waals surface area contributed by atoms with Crippen molar-refractivity contribution in [1.29, 1.82) is 0 Å². The van der Waals surface area contributed by atoms with Gasteiger partial charge in [0.1, 0.15) is 0 Å². The Kier molecular flexibility index (Phi) is 3.19. The van der Waals surface area contributed by atoms with E-state index in [4.69, 9.17) is 11.6 Å². The zero-order valence-electron chi connectivity index (χ0n) is 10.8. The standard InChI is InChI=1S/C16H19ClO/c1-10-14(3-2-4-15(10)17)16(18)9-13-8-11-5-6-12(13)7-11/h2-4,11-13H,5-9H2,1H3. The lowest BCUT2D eigenvalue weighted by Crippen LogP contribution is -2.16. The molecular weight excluding hydrogens is 244 g/mol. The average Bonchev–Trinajstić information content (AvgIpc) is 2.94. The number of carbonyl (C=O) groups is 1. The lowest BCUT2D eigenvalue weighted by molar-refractivity contribution is 0.0943. The van der Waals surface area contributed by atoms with Gasteiger partial charge in [-0.3, -0.25) is 4.79 Å². The average molecular weight is 263 g/mol. The highest BCUT2D eigenvalue weighted by Crippen LogP contribution is 2.49. The smallest absolute Gasteiger partial charge is 0.163 e. The maximum atomic E-state index is 12.4. The molecule has 1 aromatic carbocycles. The molecule has 0 spiro atoms. The third kappa shape index (κ3) is 2.09. The van der Waals surface area contributed by atoms with Gasteiger partial charge in [-0.1, -0.05) is 30.2 Å². The Hall–Kier alpha value is -0.820. The van der Waals surface area contributed by atoms with Crippen molar-refractivity contribution in [3.8, 4) is 0 Å². The normalized spacial score (nSPS) is 29.8. The molecule has 96 valence electrons. The molecule has 3 atom stereocenters. The summed E-state index contributed by atoms with van der Waals surface area (Å²) in [5.74, 6) is 2.65. The highest BCUT2D eigenvalue weighted by molar-refractivity contribution is 6.31. The van der Waals surface area contributed by atoms with Crippen LogP contribution in [0.5, 0.6) is 0 Å². The van der Waals surface area contributed by atoms with Gasteiger partial charge in [0, 0.05) is 17.0 Å². The van der Waals surface area contributed by atoms with Gasteiger partial charge in [-0.05, 0) is 55.6 Å². The van der Waals surface area contributed by atoms with Gasteiger partial charge in [0.25, 0.3) is 0 Å². The zero-order valence-corrected chi connectivity index (χ0v) is 11.5. The lowest BCUT2D eigenvalue weighted by Gasteiger charge is -2.21. The van der Waals surface area contributed by atoms with Gasteiger partial charge in [-0.25, -0.2) is 0 Å². The van der Waals surface area contributed by atoms with E-state index in [2.05, 4.69) is 0 Å². The van der Waals surface area contributed by atoms with Gasteiger partial charge in [-0.2, -0.15) is 0 Å². The van der Waals surface area contributed by atoms with Crippen LogP contribution >= 0.6 is 11.6 Å². The van der Waals surface area contributed by atoms with Gasteiger partial charge in [0.15, 0.2) is 5.78 Å². The summed E-state index contributed by atoms with van der Waals surface area (Å²) in [6.07, 6.45) is 6.10. The molecule has 0 heterocycles. The highest BCUT2D eigenvalue weighted by atomic mass is 35.5. The molecule has 2 heteroatoms. The fourth-order valence-corrected chi connectivity index (χ4v) is 4.06. The number of ketones is 1. The predicted molar refractivity (Wildman–Crippen MR) is 74.1 cm³/mol. The maximum Gasteiger partial charge on any atom is 0.163 e. The minimum atomic E-state index is 0.285. The Bertz CT molecular complexity index is 480. The van der Waals surface area contributed by atoms with Crippen LogP contribution in [-0.4, -0.2) is 5.78 Å². The molecule has 0 aromatic heterocycles. The molecule has 3 rings (SSSR count). The Balaban J connectivity index is 1.73. The largest absolute Gasteiger partial charge is 0.294 e. The molecule has 0 aliphatic heterocycles. The van der Waals surface area contributed by atoms with Crippen LogP contribution in [0.2, 0.25) is 5.02 Å². The monoisotopic (exact) mass is 262 g/mol. The van der Waals surface area contributed by atoms with Crippen LogP contribution in [0.3, 0.4) is 0 Å². The van der Waals surface area contributed by atoms with Gasteiger partial charge in [0.05, 0.1) is 0 Å². The van der Waals surface area contributed by atoms with Crippen LogP contribution in [0.4, 0.5) is 0 Å². The first-order chi connectivity index (χ1) is 8.65. The summed E-state index contributed by atoms with van der Waals surface area (Å²) in [4.78, 5) is 12.4. The second kappa shape index (κ2) is 4.70. The minimum absolute atomic E-state index is 0.285. The van der Waals surface area contributed by atoms with E-state index < -0.39 is 0 Å². The molecule has 0 amide bonds. The van der Waals surface area contributed by atoms with E-state index in [0.717, 1.165) is 29.4 Å². The first-order valence-corrected chi connectivity index (χ1v) is 7.31. The van der Waals surface area contributed by atoms with E-state index in [9.17, 15) is 4.79 Å². The summed E-state index contributed by atoms with van der Waals surface area (Å²) >= 11 is 6.09. The molecule has 3 unspecified atom stereocenters. The van der Waals surface area contributed by atoms with Crippen LogP contribution in [0.15, 0.2) is 18.2 Å². The molecule has 2 aliphatic carbocycles. The molecule has 18 heavy (non-hydrogen) atoms. The molecule has 2 fully saturated rings. The number of hydrogen-bond donors (Lipinski definition) is 0. The van der Waals surface area contributed by atoms with E-state index in [1.54, 1.807) is 0 Å². The number of carbonyl (C=O) groups excluding carboxylic acids is 1. The van der Waals surface area contributed by atoms with E-state index in [0.29, 0.717) is 10.9 Å². The van der Waals surface area contributed by atoms with Crippen molar-refractivity contribution in [2.45, 2.75) is 39.0 Å². The summed E-state index contributed by atoms with van der Waals surface area (Å²) in [7, 11) is 0. The highest BCUT2D eigenvalue weighted by Gasteiger charge is 2.40. The zero-order chi connectivity index (χ0) is 12.7. The number of rotatable bonds is 3. The van der Waals surface area contributed by atoms with Crippen molar-refractivity contribution in [3.05, 3.63) is 34.3 Å². The second-order valence-corrected chi connectivity index (χ2v) is 6.38. The van der Waals surface area contributed by atoms with Gasteiger partial charge in [-0.15, -0.1) is 0 Å². The van der Waals surface area contributed by atoms with Crippen LogP contribution in [0, 0.1) is 24.7 Å². The fourth-order valence-electron chi connectivity index (χ4n) is 3.88. The van der Waals surface area contributed by atoms with Crippen molar-refractivity contribution in [2.24, 2.45) is 17.8 Å². The molecule has 2 bridgehead atoms. The van der Waals surface area contributed by atoms with Crippen molar-refractivity contribution < 1.29 is 4.79 Å². The first-order valence-electron chi connectivity index (χ1n) is 6.93. The Morgan fingerprint density at radius 1 is 1.33 bits per heavy atom. The summed E-state index contributed by atoms with van der Waals surface area (Å²) in [6.45, 7) is 1.94. The van der Waals surface area contributed by atoms with E-state index >= 15 is 0 Å². The number of Topliss-reactive ketones (excluding diaryl/α,β-unsaturated/α-hetero) is 1. The Morgan fingerprint density at radius 3 is 2.83 bits per heavy atom. The molecule has 0 radical (unpaired) electrons. The summed E-state index contributed by atoms with van der Waals surface area (Å²) < 4.78 is 0. The quantitative estimate of drug-likeness (QED) is 0.724. The van der Waals surface area contributed by atoms with Crippen LogP contribution < -0.4 is 0 Å². The minimum Gasteiger partial charge on any atom is -0.294 e. The Labute approximate surface area is 114 Å². The predicted octanol–water partition coefficient (Wildman–Crippen LogP) is 4.66. The third-order valence-corrected chi connectivity index (χ3v) is 5.31.